The average Bonchev–Trinajstić information content (AvgIpc) is 3.01. The van der Waals surface area contributed by atoms with Crippen molar-refractivity contribution in [1.82, 2.24) is 5.32 Å². The van der Waals surface area contributed by atoms with Crippen LogP contribution in [0.4, 0.5) is 0 Å². The van der Waals surface area contributed by atoms with E-state index in [1.807, 2.05) is 36.7 Å². The fraction of sp³-hybridized carbons (Fsp3) is 0.769. The van der Waals surface area contributed by atoms with Crippen LogP contribution in [0.5, 0.6) is 0 Å². The second kappa shape index (κ2) is 25.0. The molecule has 0 aromatic heterocycles. The lowest BCUT2D eigenvalue weighted by Crippen LogP contribution is -1.87. The number of unbranched alkanes of at least 4 members (excludes halogenated alkanes) is 17. The molecule has 0 saturated heterocycles. The molecular weight excluding hydrogens is 326 g/mol. The van der Waals surface area contributed by atoms with Crippen molar-refractivity contribution in [2.24, 2.45) is 0 Å². The number of nitrogens with one attached hydrogen (secondary N) is 1. The van der Waals surface area contributed by atoms with Gasteiger partial charge in [0.2, 0.25) is 0 Å². The molecule has 1 rings (SSSR count). The molecule has 0 bridgehead atoms. The van der Waals surface area contributed by atoms with Gasteiger partial charge in [-0.25, -0.2) is 0 Å². The van der Waals surface area contributed by atoms with Gasteiger partial charge in [0, 0.05) is 12.4 Å². The summed E-state index contributed by atoms with van der Waals surface area (Å²) in [5, 5.41) is 2.92. The maximum Gasteiger partial charge on any atom is 0.000442 e. The van der Waals surface area contributed by atoms with Crippen LogP contribution >= 0.6 is 0 Å². The number of hydrogen-bond acceptors (Lipinski definition) is 1. The van der Waals surface area contributed by atoms with Crippen molar-refractivity contribution in [1.29, 1.82) is 0 Å². The zero-order valence-electron chi connectivity index (χ0n) is 18.7. The third-order valence-electron chi connectivity index (χ3n) is 5.18. The smallest absolute Gasteiger partial charge is 0.000442 e. The van der Waals surface area contributed by atoms with Crippen LogP contribution in [-0.2, 0) is 0 Å². The van der Waals surface area contributed by atoms with Gasteiger partial charge in [0.25, 0.3) is 0 Å². The van der Waals surface area contributed by atoms with Crippen LogP contribution in [0.3, 0.4) is 0 Å². The molecule has 0 atom stereocenters. The molecule has 0 spiro atoms. The van der Waals surface area contributed by atoms with E-state index in [0.29, 0.717) is 0 Å². The van der Waals surface area contributed by atoms with E-state index in [2.05, 4.69) is 19.2 Å². The van der Waals surface area contributed by atoms with Gasteiger partial charge in [-0.3, -0.25) is 0 Å². The van der Waals surface area contributed by atoms with Crippen molar-refractivity contribution >= 4 is 0 Å². The summed E-state index contributed by atoms with van der Waals surface area (Å²) in [6.45, 7) is 4.59. The number of allylic oxidation sites excluding steroid dienone is 4. The first-order chi connectivity index (χ1) is 13.4. The highest BCUT2D eigenvalue weighted by Crippen LogP contribution is 2.14. The Kier molecular flexibility index (Phi) is 24.1. The summed E-state index contributed by atoms with van der Waals surface area (Å²) in [4.78, 5) is 0. The minimum Gasteiger partial charge on any atom is -0.368 e. The highest BCUT2D eigenvalue weighted by molar-refractivity contribution is 5.14. The fourth-order valence-corrected chi connectivity index (χ4v) is 3.38. The first-order valence-corrected chi connectivity index (χ1v) is 12.2. The highest BCUT2D eigenvalue weighted by Gasteiger charge is 1.94. The maximum atomic E-state index is 2.92. The summed E-state index contributed by atoms with van der Waals surface area (Å²) in [5.41, 5.74) is 0. The first kappa shape index (κ1) is 26.0. The molecule has 0 unspecified atom stereocenters. The van der Waals surface area contributed by atoms with Crippen molar-refractivity contribution in [3.8, 4) is 0 Å². The Balaban J connectivity index is 0.000000797. The summed E-state index contributed by atoms with van der Waals surface area (Å²) in [6.07, 6.45) is 38.0. The molecule has 0 saturated carbocycles. The molecular formula is C26H49N. The highest BCUT2D eigenvalue weighted by atomic mass is 14.8. The molecule has 158 valence electrons. The van der Waals surface area contributed by atoms with Gasteiger partial charge in [0.1, 0.15) is 0 Å². The summed E-state index contributed by atoms with van der Waals surface area (Å²) in [7, 11) is 0. The monoisotopic (exact) mass is 375 g/mol. The third-order valence-corrected chi connectivity index (χ3v) is 5.18. The van der Waals surface area contributed by atoms with Gasteiger partial charge < -0.3 is 5.32 Å². The molecule has 1 aliphatic heterocycles. The van der Waals surface area contributed by atoms with Gasteiger partial charge in [0.05, 0.1) is 0 Å². The van der Waals surface area contributed by atoms with Crippen molar-refractivity contribution in [3.63, 3.8) is 0 Å². The van der Waals surface area contributed by atoms with E-state index in [9.17, 15) is 0 Å². The summed E-state index contributed by atoms with van der Waals surface area (Å²) in [6, 6.07) is 0. The summed E-state index contributed by atoms with van der Waals surface area (Å²) < 4.78 is 0. The van der Waals surface area contributed by atoms with E-state index < -0.39 is 0 Å². The molecule has 0 aromatic rings. The van der Waals surface area contributed by atoms with Crippen molar-refractivity contribution in [2.75, 3.05) is 0 Å². The quantitative estimate of drug-likeness (QED) is 0.250. The number of rotatable bonds is 17. The first-order valence-electron chi connectivity index (χ1n) is 12.2. The largest absolute Gasteiger partial charge is 0.368 e. The zero-order chi connectivity index (χ0) is 19.7. The minimum absolute atomic E-state index is 1.37. The van der Waals surface area contributed by atoms with Crippen molar-refractivity contribution in [2.45, 2.75) is 129 Å². The number of hydrogen-bond donors (Lipinski definition) is 1. The lowest BCUT2D eigenvalue weighted by Gasteiger charge is -2.03. The van der Waals surface area contributed by atoms with Gasteiger partial charge in [0.15, 0.2) is 0 Å². The zero-order valence-corrected chi connectivity index (χ0v) is 18.7. The van der Waals surface area contributed by atoms with Crippen LogP contribution in [-0.4, -0.2) is 0 Å². The molecule has 1 aliphatic rings. The van der Waals surface area contributed by atoms with Crippen LogP contribution in [0.2, 0.25) is 0 Å². The second-order valence-electron chi connectivity index (χ2n) is 7.93. The van der Waals surface area contributed by atoms with Crippen LogP contribution < -0.4 is 5.32 Å². The molecule has 1 N–H and O–H groups in total. The molecule has 27 heavy (non-hydrogen) atoms. The van der Waals surface area contributed by atoms with Crippen LogP contribution in [0.25, 0.3) is 0 Å². The van der Waals surface area contributed by atoms with Gasteiger partial charge in [-0.2, -0.15) is 0 Å². The Bertz CT molecular complexity index is 308. The van der Waals surface area contributed by atoms with E-state index in [-0.39, 0.29) is 0 Å². The van der Waals surface area contributed by atoms with Crippen LogP contribution in [0.15, 0.2) is 36.7 Å². The molecule has 1 heteroatoms. The predicted octanol–water partition coefficient (Wildman–Crippen LogP) is 9.22. The second-order valence-corrected chi connectivity index (χ2v) is 7.93. The molecule has 0 amide bonds. The third kappa shape index (κ3) is 25.0. The Morgan fingerprint density at radius 2 is 0.630 bits per heavy atom. The van der Waals surface area contributed by atoms with E-state index in [4.69, 9.17) is 0 Å². The topological polar surface area (TPSA) is 12.0 Å². The Hall–Kier alpha value is -0.980. The molecule has 1 heterocycles. The summed E-state index contributed by atoms with van der Waals surface area (Å²) in [5.74, 6) is 0. The lowest BCUT2D eigenvalue weighted by molar-refractivity contribution is 0.526. The molecule has 0 radical (unpaired) electrons. The Morgan fingerprint density at radius 3 is 0.889 bits per heavy atom. The SMILES string of the molecule is C1=CC=CNC=C1.CCCCCCCCCCCCCCCCCCCC. The average molecular weight is 376 g/mol. The van der Waals surface area contributed by atoms with E-state index >= 15 is 0 Å². The Morgan fingerprint density at radius 1 is 0.370 bits per heavy atom. The van der Waals surface area contributed by atoms with Crippen molar-refractivity contribution < 1.29 is 0 Å². The summed E-state index contributed by atoms with van der Waals surface area (Å²) >= 11 is 0. The normalized spacial score (nSPS) is 12.4. The van der Waals surface area contributed by atoms with Gasteiger partial charge in [-0.1, -0.05) is 142 Å². The molecule has 0 fully saturated rings. The minimum atomic E-state index is 1.37. The van der Waals surface area contributed by atoms with E-state index in [0.717, 1.165) is 0 Å². The Labute approximate surface area is 171 Å². The molecule has 0 aromatic carbocycles. The molecule has 0 aliphatic carbocycles. The fourth-order valence-electron chi connectivity index (χ4n) is 3.38. The maximum absolute atomic E-state index is 2.92. The van der Waals surface area contributed by atoms with Crippen LogP contribution in [0, 0.1) is 0 Å². The van der Waals surface area contributed by atoms with E-state index in [1.54, 1.807) is 0 Å². The molecule has 1 nitrogen and oxygen atoms in total. The van der Waals surface area contributed by atoms with Crippen molar-refractivity contribution in [3.05, 3.63) is 36.7 Å². The van der Waals surface area contributed by atoms with Gasteiger partial charge in [-0.05, 0) is 12.2 Å². The predicted molar refractivity (Wildman–Crippen MR) is 125 cm³/mol. The van der Waals surface area contributed by atoms with Gasteiger partial charge >= 0.3 is 0 Å². The standard InChI is InChI=1S/C20H42.C6H7N/c1-3-5-7-9-11-13-15-17-19-20-18-16-14-12-10-8-6-4-2;1-2-4-6-7-5-3-1/h3-20H2,1-2H3;1-7H. The van der Waals surface area contributed by atoms with E-state index in [1.165, 1.54) is 116 Å². The van der Waals surface area contributed by atoms with Gasteiger partial charge in [-0.15, -0.1) is 0 Å². The lowest BCUT2D eigenvalue weighted by atomic mass is 10.0. The van der Waals surface area contributed by atoms with Crippen LogP contribution in [0.1, 0.15) is 129 Å².